The van der Waals surface area contributed by atoms with Crippen molar-refractivity contribution in [2.24, 2.45) is 5.41 Å². The van der Waals surface area contributed by atoms with Crippen molar-refractivity contribution in [1.82, 2.24) is 0 Å². The molecule has 0 aromatic heterocycles. The van der Waals surface area contributed by atoms with Gasteiger partial charge in [0.15, 0.2) is 0 Å². The average Bonchev–Trinajstić information content (AvgIpc) is 2.72. The molecule has 1 aliphatic carbocycles. The summed E-state index contributed by atoms with van der Waals surface area (Å²) in [6.07, 6.45) is 1.59. The maximum atomic E-state index is 11.4. The van der Waals surface area contributed by atoms with Gasteiger partial charge in [-0.2, -0.15) is 0 Å². The zero-order valence-corrected chi connectivity index (χ0v) is 7.54. The first-order chi connectivity index (χ1) is 6.12. The molecule has 0 aromatic carbocycles. The first-order valence-electron chi connectivity index (χ1n) is 4.49. The predicted octanol–water partition coefficient (Wildman–Crippen LogP) is 0.645. The van der Waals surface area contributed by atoms with Crippen LogP contribution in [0.5, 0.6) is 0 Å². The van der Waals surface area contributed by atoms with E-state index in [9.17, 15) is 9.59 Å². The molecule has 2 rings (SSSR count). The smallest absolute Gasteiger partial charge is 0.347 e. The molecule has 0 amide bonds. The summed E-state index contributed by atoms with van der Waals surface area (Å²) in [7, 11) is 0. The number of carbonyl (C=O) groups excluding carboxylic acids is 2. The fraction of sp³-hybridized carbons (Fsp3) is 0.778. The molecule has 0 bridgehead atoms. The number of esters is 2. The Hall–Kier alpha value is -1.06. The maximum absolute atomic E-state index is 11.4. The Morgan fingerprint density at radius 3 is 2.77 bits per heavy atom. The number of hydrogen-bond acceptors (Lipinski definition) is 4. The van der Waals surface area contributed by atoms with E-state index in [1.54, 1.807) is 0 Å². The molecular weight excluding hydrogens is 172 g/mol. The highest BCUT2D eigenvalue weighted by Gasteiger charge is 2.48. The van der Waals surface area contributed by atoms with E-state index >= 15 is 0 Å². The molecule has 4 heteroatoms. The maximum Gasteiger partial charge on any atom is 0.347 e. The van der Waals surface area contributed by atoms with E-state index in [1.165, 1.54) is 0 Å². The Morgan fingerprint density at radius 1 is 1.62 bits per heavy atom. The molecular formula is C9H12O4. The van der Waals surface area contributed by atoms with Crippen molar-refractivity contribution >= 4 is 11.9 Å². The molecule has 4 nitrogen and oxygen atoms in total. The molecule has 2 aliphatic rings. The van der Waals surface area contributed by atoms with Crippen molar-refractivity contribution in [1.29, 1.82) is 0 Å². The Balaban J connectivity index is 1.90. The lowest BCUT2D eigenvalue weighted by Gasteiger charge is -2.11. The van der Waals surface area contributed by atoms with Gasteiger partial charge in [-0.25, -0.2) is 4.79 Å². The third-order valence-electron chi connectivity index (χ3n) is 2.63. The van der Waals surface area contributed by atoms with Crippen LogP contribution in [0, 0.1) is 5.41 Å². The minimum absolute atomic E-state index is 0.253. The van der Waals surface area contributed by atoms with Gasteiger partial charge in [-0.1, -0.05) is 0 Å². The van der Waals surface area contributed by atoms with Gasteiger partial charge in [0, 0.05) is 6.42 Å². The minimum atomic E-state index is -0.648. The summed E-state index contributed by atoms with van der Waals surface area (Å²) in [5.41, 5.74) is -0.317. The molecule has 72 valence electrons. The van der Waals surface area contributed by atoms with Crippen LogP contribution in [0.1, 0.15) is 26.2 Å². The average molecular weight is 184 g/mol. The molecule has 0 radical (unpaired) electrons. The van der Waals surface area contributed by atoms with Gasteiger partial charge in [-0.05, 0) is 19.8 Å². The minimum Gasteiger partial charge on any atom is -0.463 e. The van der Waals surface area contributed by atoms with Crippen molar-refractivity contribution in [2.45, 2.75) is 32.3 Å². The Kier molecular flexibility index (Phi) is 1.78. The Morgan fingerprint density at radius 2 is 2.31 bits per heavy atom. The molecule has 1 heterocycles. The van der Waals surface area contributed by atoms with Crippen LogP contribution in [0.2, 0.25) is 0 Å². The fourth-order valence-corrected chi connectivity index (χ4v) is 1.25. The summed E-state index contributed by atoms with van der Waals surface area (Å²) in [6.45, 7) is 2.23. The number of carbonyl (C=O) groups is 2. The van der Waals surface area contributed by atoms with Gasteiger partial charge in [0.1, 0.15) is 0 Å². The summed E-state index contributed by atoms with van der Waals surface area (Å²) >= 11 is 0. The van der Waals surface area contributed by atoms with E-state index in [-0.39, 0.29) is 11.4 Å². The zero-order chi connectivity index (χ0) is 9.47. The molecule has 0 N–H and O–H groups in total. The highest BCUT2D eigenvalue weighted by molar-refractivity contribution is 5.84. The summed E-state index contributed by atoms with van der Waals surface area (Å²) in [5.74, 6) is -0.658. The van der Waals surface area contributed by atoms with Crippen LogP contribution >= 0.6 is 0 Å². The van der Waals surface area contributed by atoms with Crippen LogP contribution < -0.4 is 0 Å². The van der Waals surface area contributed by atoms with Gasteiger partial charge < -0.3 is 9.47 Å². The van der Waals surface area contributed by atoms with Gasteiger partial charge in [0.25, 0.3) is 0 Å². The van der Waals surface area contributed by atoms with E-state index in [1.807, 2.05) is 6.92 Å². The molecule has 2 fully saturated rings. The highest BCUT2D eigenvalue weighted by atomic mass is 16.6. The second-order valence-corrected chi connectivity index (χ2v) is 3.91. The molecule has 1 unspecified atom stereocenters. The Bertz CT molecular complexity index is 254. The molecule has 1 saturated heterocycles. The molecule has 0 spiro atoms. The Labute approximate surface area is 76.2 Å². The highest BCUT2D eigenvalue weighted by Crippen LogP contribution is 2.46. The van der Waals surface area contributed by atoms with Crippen molar-refractivity contribution in [2.75, 3.05) is 6.61 Å². The van der Waals surface area contributed by atoms with Crippen molar-refractivity contribution in [3.8, 4) is 0 Å². The SMILES string of the molecule is CC1(C(=O)OC2CCOC2=O)CC1. The monoisotopic (exact) mass is 184 g/mol. The standard InChI is InChI=1S/C9H12O4/c1-9(3-4-9)8(11)13-6-2-5-12-7(6)10/h6H,2-5H2,1H3. The molecule has 1 saturated carbocycles. The van der Waals surface area contributed by atoms with Crippen LogP contribution in [0.25, 0.3) is 0 Å². The lowest BCUT2D eigenvalue weighted by atomic mass is 10.1. The van der Waals surface area contributed by atoms with E-state index in [0.717, 1.165) is 12.8 Å². The van der Waals surface area contributed by atoms with E-state index in [2.05, 4.69) is 4.74 Å². The van der Waals surface area contributed by atoms with E-state index in [4.69, 9.17) is 4.74 Å². The summed E-state index contributed by atoms with van der Waals surface area (Å²) in [5, 5.41) is 0. The van der Waals surface area contributed by atoms with Crippen LogP contribution in [0.4, 0.5) is 0 Å². The largest absolute Gasteiger partial charge is 0.463 e. The van der Waals surface area contributed by atoms with Crippen molar-refractivity contribution in [3.05, 3.63) is 0 Å². The van der Waals surface area contributed by atoms with Crippen molar-refractivity contribution < 1.29 is 19.1 Å². The van der Waals surface area contributed by atoms with Crippen molar-refractivity contribution in [3.63, 3.8) is 0 Å². The quantitative estimate of drug-likeness (QED) is 0.591. The number of hydrogen-bond donors (Lipinski definition) is 0. The topological polar surface area (TPSA) is 52.6 Å². The summed E-state index contributed by atoms with van der Waals surface area (Å²) in [4.78, 5) is 22.4. The van der Waals surface area contributed by atoms with Gasteiger partial charge in [0.05, 0.1) is 12.0 Å². The molecule has 0 aromatic rings. The first kappa shape index (κ1) is 8.53. The van der Waals surface area contributed by atoms with Crippen LogP contribution in [0.3, 0.4) is 0 Å². The fourth-order valence-electron chi connectivity index (χ4n) is 1.25. The van der Waals surface area contributed by atoms with Gasteiger partial charge in [0.2, 0.25) is 6.10 Å². The van der Waals surface area contributed by atoms with Gasteiger partial charge in [-0.15, -0.1) is 0 Å². The van der Waals surface area contributed by atoms with Crippen LogP contribution in [0.15, 0.2) is 0 Å². The normalized spacial score (nSPS) is 29.6. The lowest BCUT2D eigenvalue weighted by Crippen LogP contribution is -2.26. The van der Waals surface area contributed by atoms with E-state index in [0.29, 0.717) is 13.0 Å². The molecule has 1 atom stereocenters. The van der Waals surface area contributed by atoms with Crippen LogP contribution in [-0.4, -0.2) is 24.6 Å². The van der Waals surface area contributed by atoms with Crippen LogP contribution in [-0.2, 0) is 19.1 Å². The van der Waals surface area contributed by atoms with E-state index < -0.39 is 12.1 Å². The summed E-state index contributed by atoms with van der Waals surface area (Å²) < 4.78 is 9.72. The third-order valence-corrected chi connectivity index (χ3v) is 2.63. The number of ether oxygens (including phenoxy) is 2. The number of rotatable bonds is 2. The lowest BCUT2D eigenvalue weighted by molar-refractivity contribution is -0.163. The summed E-state index contributed by atoms with van der Waals surface area (Å²) in [6, 6.07) is 0. The second kappa shape index (κ2) is 2.72. The number of cyclic esters (lactones) is 1. The second-order valence-electron chi connectivity index (χ2n) is 3.91. The third kappa shape index (κ3) is 1.53. The van der Waals surface area contributed by atoms with Gasteiger partial charge in [-0.3, -0.25) is 4.79 Å². The molecule has 13 heavy (non-hydrogen) atoms. The molecule has 1 aliphatic heterocycles. The predicted molar refractivity (Wildman–Crippen MR) is 42.8 cm³/mol. The zero-order valence-electron chi connectivity index (χ0n) is 7.54. The van der Waals surface area contributed by atoms with Gasteiger partial charge >= 0.3 is 11.9 Å². The first-order valence-corrected chi connectivity index (χ1v) is 4.49.